The number of nitrogens with zero attached hydrogens (tertiary/aromatic N) is 1. The van der Waals surface area contributed by atoms with E-state index in [1.165, 1.54) is 30.4 Å². The largest absolute Gasteiger partial charge is 0.497 e. The first kappa shape index (κ1) is 22.6. The predicted octanol–water partition coefficient (Wildman–Crippen LogP) is 3.91. The number of hydrogen-bond acceptors (Lipinski definition) is 6. The Labute approximate surface area is 186 Å². The number of carbonyl (C=O) groups excluding carboxylic acids is 2. The van der Waals surface area contributed by atoms with Crippen molar-refractivity contribution in [2.75, 3.05) is 19.5 Å². The number of hydrogen-bond donors (Lipinski definition) is 2. The van der Waals surface area contributed by atoms with Crippen molar-refractivity contribution in [3.63, 3.8) is 0 Å². The Balaban J connectivity index is 1.80. The Bertz CT molecular complexity index is 1000. The zero-order valence-corrected chi connectivity index (χ0v) is 19.0. The van der Waals surface area contributed by atoms with Crippen molar-refractivity contribution in [2.45, 2.75) is 45.6 Å². The quantitative estimate of drug-likeness (QED) is 0.679. The summed E-state index contributed by atoms with van der Waals surface area (Å²) in [7, 11) is 3.02. The van der Waals surface area contributed by atoms with Crippen LogP contribution in [0.2, 0.25) is 0 Å². The number of nitriles is 1. The number of rotatable bonds is 7. The molecule has 0 radical (unpaired) electrons. The zero-order chi connectivity index (χ0) is 22.5. The van der Waals surface area contributed by atoms with E-state index in [0.717, 1.165) is 31.2 Å². The summed E-state index contributed by atoms with van der Waals surface area (Å²) in [6.45, 7) is 3.72. The molecule has 0 bridgehead atoms. The normalized spacial score (nSPS) is 13.7. The first-order valence-corrected chi connectivity index (χ1v) is 11.1. The van der Waals surface area contributed by atoms with Gasteiger partial charge in [0.05, 0.1) is 19.8 Å². The monoisotopic (exact) mass is 441 g/mol. The average molecular weight is 442 g/mol. The summed E-state index contributed by atoms with van der Waals surface area (Å²) in [5, 5.41) is 15.9. The van der Waals surface area contributed by atoms with Crippen LogP contribution in [0.4, 0.5) is 5.00 Å². The van der Waals surface area contributed by atoms with Crippen LogP contribution in [0.25, 0.3) is 0 Å². The minimum Gasteiger partial charge on any atom is -0.497 e. The third-order valence-corrected chi connectivity index (χ3v) is 6.58. The molecule has 1 aliphatic rings. The third-order valence-electron chi connectivity index (χ3n) is 5.37. The maximum atomic E-state index is 13.1. The molecule has 3 rings (SSSR count). The highest BCUT2D eigenvalue weighted by Gasteiger charge is 2.28. The van der Waals surface area contributed by atoms with Crippen molar-refractivity contribution in [1.29, 1.82) is 5.26 Å². The summed E-state index contributed by atoms with van der Waals surface area (Å²) >= 11 is 1.47. The summed E-state index contributed by atoms with van der Waals surface area (Å²) in [4.78, 5) is 27.1. The van der Waals surface area contributed by atoms with Gasteiger partial charge in [0.15, 0.2) is 0 Å². The Kier molecular flexibility index (Phi) is 7.18. The minimum atomic E-state index is -0.768. The lowest BCUT2D eigenvalue weighted by Crippen LogP contribution is -2.47. The number of carbonyl (C=O) groups is 2. The second-order valence-electron chi connectivity index (χ2n) is 7.81. The highest BCUT2D eigenvalue weighted by molar-refractivity contribution is 7.16. The van der Waals surface area contributed by atoms with E-state index in [4.69, 9.17) is 9.47 Å². The Morgan fingerprint density at radius 1 is 1.10 bits per heavy atom. The molecule has 1 aromatic carbocycles. The van der Waals surface area contributed by atoms with Gasteiger partial charge in [0, 0.05) is 16.5 Å². The van der Waals surface area contributed by atoms with Crippen LogP contribution in [0.1, 0.15) is 53.1 Å². The number of aryl methyl sites for hydroxylation is 1. The van der Waals surface area contributed by atoms with Gasteiger partial charge in [0.25, 0.3) is 5.91 Å². The van der Waals surface area contributed by atoms with Crippen molar-refractivity contribution in [3.8, 4) is 17.6 Å². The predicted molar refractivity (Wildman–Crippen MR) is 120 cm³/mol. The molecule has 7 nitrogen and oxygen atoms in total. The molecule has 8 heteroatoms. The molecule has 164 valence electrons. The van der Waals surface area contributed by atoms with Gasteiger partial charge in [-0.15, -0.1) is 11.3 Å². The molecule has 2 N–H and O–H groups in total. The molecule has 0 aliphatic heterocycles. The number of thiophene rings is 1. The van der Waals surface area contributed by atoms with Crippen LogP contribution in [-0.2, 0) is 17.6 Å². The average Bonchev–Trinajstić information content (AvgIpc) is 3.13. The van der Waals surface area contributed by atoms with Gasteiger partial charge in [-0.2, -0.15) is 5.26 Å². The minimum absolute atomic E-state index is 0.156. The fourth-order valence-electron chi connectivity index (χ4n) is 3.66. The summed E-state index contributed by atoms with van der Waals surface area (Å²) in [5.74, 6) is 0.0673. The summed E-state index contributed by atoms with van der Waals surface area (Å²) in [6.07, 6.45) is 3.96. The van der Waals surface area contributed by atoms with Crippen molar-refractivity contribution in [2.24, 2.45) is 5.92 Å². The molecule has 2 amide bonds. The SMILES string of the molecule is COc1cc(OC)cc(C(=O)N[C@H](C(=O)Nc2sc3c(c2C#N)CCCC3)C(C)C)c1. The van der Waals surface area contributed by atoms with Crippen LogP contribution in [0.15, 0.2) is 18.2 Å². The fourth-order valence-corrected chi connectivity index (χ4v) is 4.90. The molecule has 0 saturated carbocycles. The smallest absolute Gasteiger partial charge is 0.252 e. The molecule has 2 aromatic rings. The zero-order valence-electron chi connectivity index (χ0n) is 18.2. The molecule has 0 saturated heterocycles. The van der Waals surface area contributed by atoms with Gasteiger partial charge >= 0.3 is 0 Å². The van der Waals surface area contributed by atoms with Crippen molar-refractivity contribution in [3.05, 3.63) is 39.8 Å². The van der Waals surface area contributed by atoms with E-state index < -0.39 is 11.9 Å². The third kappa shape index (κ3) is 5.00. The molecule has 0 fully saturated rings. The van der Waals surface area contributed by atoms with Gasteiger partial charge in [0.1, 0.15) is 28.6 Å². The lowest BCUT2D eigenvalue weighted by Gasteiger charge is -2.22. The number of nitrogens with one attached hydrogen (secondary N) is 2. The van der Waals surface area contributed by atoms with E-state index >= 15 is 0 Å². The van der Waals surface area contributed by atoms with Gasteiger partial charge in [-0.3, -0.25) is 9.59 Å². The van der Waals surface area contributed by atoms with Gasteiger partial charge in [-0.25, -0.2) is 0 Å². The van der Waals surface area contributed by atoms with Crippen LogP contribution >= 0.6 is 11.3 Å². The van der Waals surface area contributed by atoms with Gasteiger partial charge in [-0.05, 0) is 49.3 Å². The fraction of sp³-hybridized carbons (Fsp3) is 0.435. The van der Waals surface area contributed by atoms with Crippen LogP contribution in [0.5, 0.6) is 11.5 Å². The Morgan fingerprint density at radius 2 is 1.74 bits per heavy atom. The molecule has 1 aromatic heterocycles. The van der Waals surface area contributed by atoms with E-state index in [9.17, 15) is 14.9 Å². The Morgan fingerprint density at radius 3 is 2.32 bits per heavy atom. The summed E-state index contributed by atoms with van der Waals surface area (Å²) in [6, 6.07) is 6.34. The highest BCUT2D eigenvalue weighted by Crippen LogP contribution is 2.37. The van der Waals surface area contributed by atoms with Gasteiger partial charge in [0.2, 0.25) is 5.91 Å². The molecule has 0 unspecified atom stereocenters. The Hall–Kier alpha value is -3.05. The van der Waals surface area contributed by atoms with E-state index in [2.05, 4.69) is 16.7 Å². The van der Waals surface area contributed by atoms with Crippen LogP contribution in [-0.4, -0.2) is 32.1 Å². The molecular weight excluding hydrogens is 414 g/mol. The topological polar surface area (TPSA) is 100 Å². The van der Waals surface area contributed by atoms with Gasteiger partial charge < -0.3 is 20.1 Å². The molecule has 1 heterocycles. The highest BCUT2D eigenvalue weighted by atomic mass is 32.1. The number of ether oxygens (including phenoxy) is 2. The van der Waals surface area contributed by atoms with E-state index in [0.29, 0.717) is 27.6 Å². The van der Waals surface area contributed by atoms with Crippen molar-refractivity contribution < 1.29 is 19.1 Å². The lowest BCUT2D eigenvalue weighted by molar-refractivity contribution is -0.118. The van der Waals surface area contributed by atoms with E-state index in [1.54, 1.807) is 18.2 Å². The second kappa shape index (κ2) is 9.84. The van der Waals surface area contributed by atoms with E-state index in [1.807, 2.05) is 13.8 Å². The number of benzene rings is 1. The van der Waals surface area contributed by atoms with E-state index in [-0.39, 0.29) is 11.8 Å². The van der Waals surface area contributed by atoms with Crippen LogP contribution in [0, 0.1) is 17.2 Å². The lowest BCUT2D eigenvalue weighted by atomic mass is 9.96. The maximum absolute atomic E-state index is 13.1. The summed E-state index contributed by atoms with van der Waals surface area (Å²) in [5.41, 5.74) is 1.95. The first-order chi connectivity index (χ1) is 14.9. The molecular formula is C23H27N3O4S. The molecule has 1 aliphatic carbocycles. The number of amides is 2. The van der Waals surface area contributed by atoms with Crippen molar-refractivity contribution >= 4 is 28.2 Å². The standard InChI is InChI=1S/C23H27N3O4S/c1-13(2)20(25-21(27)14-9-15(29-3)11-16(10-14)30-4)22(28)26-23-18(12-24)17-7-5-6-8-19(17)31-23/h9-11,13,20H,5-8H2,1-4H3,(H,25,27)(H,26,28)/t20-/m0/s1. The second-order valence-corrected chi connectivity index (χ2v) is 8.92. The molecule has 1 atom stereocenters. The molecule has 0 spiro atoms. The van der Waals surface area contributed by atoms with Crippen LogP contribution < -0.4 is 20.1 Å². The first-order valence-electron chi connectivity index (χ1n) is 10.3. The number of methoxy groups -OCH3 is 2. The van der Waals surface area contributed by atoms with Crippen LogP contribution in [0.3, 0.4) is 0 Å². The molecule has 31 heavy (non-hydrogen) atoms. The maximum Gasteiger partial charge on any atom is 0.252 e. The van der Waals surface area contributed by atoms with Gasteiger partial charge in [-0.1, -0.05) is 13.8 Å². The van der Waals surface area contributed by atoms with Crippen molar-refractivity contribution in [1.82, 2.24) is 5.32 Å². The number of anilines is 1. The number of fused-ring (bicyclic) bond motifs is 1. The summed E-state index contributed by atoms with van der Waals surface area (Å²) < 4.78 is 10.4.